The number of benzene rings is 2. The second kappa shape index (κ2) is 10.6. The number of methoxy groups -OCH3 is 1. The molecule has 6 rings (SSSR count). The Morgan fingerprint density at radius 1 is 1.19 bits per heavy atom. The highest BCUT2D eigenvalue weighted by molar-refractivity contribution is 9.10. The lowest BCUT2D eigenvalue weighted by Crippen LogP contribution is -2.43. The Morgan fingerprint density at radius 3 is 2.60 bits per heavy atom. The van der Waals surface area contributed by atoms with Crippen molar-refractivity contribution in [2.24, 2.45) is 0 Å². The zero-order valence-electron chi connectivity index (χ0n) is 24.8. The highest BCUT2D eigenvalue weighted by Gasteiger charge is 2.45. The number of aryl methyl sites for hydroxylation is 1. The maximum Gasteiger partial charge on any atom is 0.419 e. The number of rotatable bonds is 6. The van der Waals surface area contributed by atoms with Crippen LogP contribution in [0.15, 0.2) is 35.1 Å². The number of nitriles is 1. The van der Waals surface area contributed by atoms with Crippen LogP contribution >= 0.6 is 15.9 Å². The zero-order chi connectivity index (χ0) is 29.8. The van der Waals surface area contributed by atoms with Gasteiger partial charge < -0.3 is 14.2 Å². The Morgan fingerprint density at radius 2 is 1.93 bits per heavy atom. The number of aromatic nitrogens is 3. The third-order valence-corrected chi connectivity index (χ3v) is 9.15. The minimum atomic E-state index is -0.618. The molecule has 10 heteroatoms. The average Bonchev–Trinajstić information content (AvgIpc) is 3.70. The van der Waals surface area contributed by atoms with E-state index >= 15 is 0 Å². The number of hydrogen-bond acceptors (Lipinski definition) is 7. The molecule has 9 nitrogen and oxygen atoms in total. The molecule has 0 amide bonds. The van der Waals surface area contributed by atoms with Gasteiger partial charge in [-0.1, -0.05) is 0 Å². The van der Waals surface area contributed by atoms with E-state index in [-0.39, 0.29) is 5.54 Å². The van der Waals surface area contributed by atoms with E-state index in [0.29, 0.717) is 34.8 Å². The summed E-state index contributed by atoms with van der Waals surface area (Å²) in [5.74, 6) is 1.27. The van der Waals surface area contributed by atoms with Crippen molar-refractivity contribution >= 4 is 43.8 Å². The Bertz CT molecular complexity index is 1730. The van der Waals surface area contributed by atoms with Gasteiger partial charge in [-0.15, -0.1) is 0 Å². The van der Waals surface area contributed by atoms with Crippen molar-refractivity contribution in [2.75, 3.05) is 26.8 Å². The Hall–Kier alpha value is -3.55. The first-order valence-corrected chi connectivity index (χ1v) is 15.2. The summed E-state index contributed by atoms with van der Waals surface area (Å²) in [6, 6.07) is 9.90. The minimum Gasteiger partial charge on any atom is -0.496 e. The molecule has 0 bridgehead atoms. The van der Waals surface area contributed by atoms with Crippen molar-refractivity contribution in [3.05, 3.63) is 51.8 Å². The van der Waals surface area contributed by atoms with Crippen LogP contribution in [0, 0.1) is 18.3 Å². The second-order valence-corrected chi connectivity index (χ2v) is 13.2. The molecule has 2 fully saturated rings. The fourth-order valence-electron chi connectivity index (χ4n) is 6.74. The molecule has 2 aromatic heterocycles. The molecule has 0 spiro atoms. The molecule has 2 aliphatic rings. The minimum absolute atomic E-state index is 0.0551. The maximum atomic E-state index is 13.1. The van der Waals surface area contributed by atoms with E-state index < -0.39 is 11.7 Å². The largest absolute Gasteiger partial charge is 0.496 e. The monoisotopic (exact) mass is 633 g/mol. The molecule has 0 aliphatic carbocycles. The smallest absolute Gasteiger partial charge is 0.419 e. The standard InChI is InChI=1S/C32H36BrN5O4/c1-20-16-25(40-5)23(22-10-15-37(27(20)22)30(39)42-31(2,3)4)18-38-24-9-8-21(17-34)28(26(24)29(33)35-38)41-19-32-11-6-13-36(32)14-7-12-32/h8-10,15-16H,6-7,11-14,18-19H2,1-5H3. The van der Waals surface area contributed by atoms with Gasteiger partial charge in [0.05, 0.1) is 41.2 Å². The lowest BCUT2D eigenvalue weighted by Gasteiger charge is -2.32. The molecule has 220 valence electrons. The van der Waals surface area contributed by atoms with Crippen molar-refractivity contribution in [2.45, 2.75) is 71.1 Å². The van der Waals surface area contributed by atoms with Gasteiger partial charge in [-0.3, -0.25) is 14.1 Å². The van der Waals surface area contributed by atoms with Crippen LogP contribution in [0.5, 0.6) is 11.5 Å². The molecule has 0 atom stereocenters. The third-order valence-electron chi connectivity index (χ3n) is 8.59. The molecule has 42 heavy (non-hydrogen) atoms. The first-order valence-electron chi connectivity index (χ1n) is 14.4. The van der Waals surface area contributed by atoms with Gasteiger partial charge in [0, 0.05) is 17.1 Å². The van der Waals surface area contributed by atoms with Gasteiger partial charge in [0.2, 0.25) is 0 Å². The fraction of sp³-hybridized carbons (Fsp3) is 0.469. The van der Waals surface area contributed by atoms with Crippen LogP contribution in [0.4, 0.5) is 4.79 Å². The predicted octanol–water partition coefficient (Wildman–Crippen LogP) is 6.78. The Labute approximate surface area is 254 Å². The van der Waals surface area contributed by atoms with Crippen LogP contribution in [0.1, 0.15) is 63.1 Å². The van der Waals surface area contributed by atoms with Crippen molar-refractivity contribution in [3.8, 4) is 17.6 Å². The summed E-state index contributed by atoms with van der Waals surface area (Å²) in [6.45, 7) is 10.7. The van der Waals surface area contributed by atoms with E-state index in [9.17, 15) is 10.1 Å². The number of nitrogens with zero attached hydrogens (tertiary/aromatic N) is 5. The van der Waals surface area contributed by atoms with Crippen molar-refractivity contribution in [3.63, 3.8) is 0 Å². The summed E-state index contributed by atoms with van der Waals surface area (Å²) >= 11 is 3.67. The van der Waals surface area contributed by atoms with Gasteiger partial charge in [0.25, 0.3) is 0 Å². The summed E-state index contributed by atoms with van der Waals surface area (Å²) in [5.41, 5.74) is 3.32. The first kappa shape index (κ1) is 28.6. The molecule has 2 aromatic carbocycles. The Kier molecular flexibility index (Phi) is 7.22. The van der Waals surface area contributed by atoms with Crippen LogP contribution in [-0.4, -0.2) is 63.3 Å². The van der Waals surface area contributed by atoms with E-state index in [4.69, 9.17) is 19.3 Å². The average molecular weight is 635 g/mol. The van der Waals surface area contributed by atoms with Gasteiger partial charge in [-0.25, -0.2) is 4.79 Å². The van der Waals surface area contributed by atoms with Crippen molar-refractivity contribution in [1.82, 2.24) is 19.2 Å². The van der Waals surface area contributed by atoms with Crippen molar-refractivity contribution in [1.29, 1.82) is 5.26 Å². The highest BCUT2D eigenvalue weighted by Crippen LogP contribution is 2.42. The summed E-state index contributed by atoms with van der Waals surface area (Å²) in [7, 11) is 1.64. The lowest BCUT2D eigenvalue weighted by atomic mass is 9.95. The number of hydrogen-bond donors (Lipinski definition) is 0. The number of fused-ring (bicyclic) bond motifs is 3. The van der Waals surface area contributed by atoms with E-state index in [1.165, 1.54) is 12.8 Å². The predicted molar refractivity (Wildman–Crippen MR) is 164 cm³/mol. The Balaban J connectivity index is 1.41. The van der Waals surface area contributed by atoms with Crippen LogP contribution < -0.4 is 9.47 Å². The van der Waals surface area contributed by atoms with E-state index in [1.807, 2.05) is 56.6 Å². The molecule has 2 saturated heterocycles. The van der Waals surface area contributed by atoms with E-state index in [2.05, 4.69) is 26.9 Å². The van der Waals surface area contributed by atoms with Gasteiger partial charge in [0.15, 0.2) is 0 Å². The highest BCUT2D eigenvalue weighted by atomic mass is 79.9. The molecule has 0 radical (unpaired) electrons. The molecule has 4 heterocycles. The topological polar surface area (TPSA) is 94.5 Å². The molecule has 0 unspecified atom stereocenters. The van der Waals surface area contributed by atoms with Gasteiger partial charge in [-0.2, -0.15) is 10.4 Å². The third kappa shape index (κ3) is 4.82. The summed E-state index contributed by atoms with van der Waals surface area (Å²) in [5, 5.41) is 16.5. The molecule has 4 aromatic rings. The molecule has 2 aliphatic heterocycles. The van der Waals surface area contributed by atoms with Crippen molar-refractivity contribution < 1.29 is 19.0 Å². The molecular formula is C32H36BrN5O4. The molecular weight excluding hydrogens is 598 g/mol. The van der Waals surface area contributed by atoms with Crippen LogP contribution in [-0.2, 0) is 11.3 Å². The second-order valence-electron chi connectivity index (χ2n) is 12.4. The summed E-state index contributed by atoms with van der Waals surface area (Å²) in [6.07, 6.45) is 5.92. The first-order chi connectivity index (χ1) is 20.0. The van der Waals surface area contributed by atoms with Gasteiger partial charge in [0.1, 0.15) is 34.4 Å². The lowest BCUT2D eigenvalue weighted by molar-refractivity contribution is 0.0544. The maximum absolute atomic E-state index is 13.1. The zero-order valence-corrected chi connectivity index (χ0v) is 26.4. The number of carbonyl (C=O) groups excluding carboxylic acids is 1. The number of ether oxygens (including phenoxy) is 3. The summed E-state index contributed by atoms with van der Waals surface area (Å²) in [4.78, 5) is 15.6. The number of carbonyl (C=O) groups is 1. The number of halogens is 1. The van der Waals surface area contributed by atoms with E-state index in [1.54, 1.807) is 17.9 Å². The van der Waals surface area contributed by atoms with Gasteiger partial charge in [-0.05, 0) is 112 Å². The van der Waals surface area contributed by atoms with Crippen LogP contribution in [0.25, 0.3) is 21.8 Å². The quantitative estimate of drug-likeness (QED) is 0.231. The van der Waals surface area contributed by atoms with Crippen LogP contribution in [0.2, 0.25) is 0 Å². The molecule has 0 saturated carbocycles. The van der Waals surface area contributed by atoms with Crippen LogP contribution in [0.3, 0.4) is 0 Å². The normalized spacial score (nSPS) is 16.6. The fourth-order valence-corrected chi connectivity index (χ4v) is 7.32. The summed E-state index contributed by atoms with van der Waals surface area (Å²) < 4.78 is 22.1. The SMILES string of the molecule is COc1cc(C)c2c(ccn2C(=O)OC(C)(C)C)c1Cn1nc(Br)c2c(OCC34CCCN3CCC4)c(C#N)ccc21. The van der Waals surface area contributed by atoms with Gasteiger partial charge >= 0.3 is 6.09 Å². The van der Waals surface area contributed by atoms with E-state index in [0.717, 1.165) is 58.9 Å². The molecule has 0 N–H and O–H groups in total.